The molecular formula is C19H24N+. The molecule has 0 amide bonds. The van der Waals surface area contributed by atoms with E-state index < -0.39 is 0 Å². The molecule has 3 rings (SSSR count). The van der Waals surface area contributed by atoms with Gasteiger partial charge in [-0.2, -0.15) is 0 Å². The van der Waals surface area contributed by atoms with E-state index in [1.54, 1.807) is 11.1 Å². The fraction of sp³-hybridized carbons (Fsp3) is 0.421. The molecule has 104 valence electrons. The molecule has 0 saturated carbocycles. The fourth-order valence-corrected chi connectivity index (χ4v) is 3.63. The zero-order valence-electron chi connectivity index (χ0n) is 13.0. The van der Waals surface area contributed by atoms with Gasteiger partial charge in [0.25, 0.3) is 0 Å². The molecule has 0 bridgehead atoms. The van der Waals surface area contributed by atoms with Crippen molar-refractivity contribution in [1.29, 1.82) is 0 Å². The Hall–Kier alpha value is -1.63. The van der Waals surface area contributed by atoms with Crippen molar-refractivity contribution in [2.24, 2.45) is 7.05 Å². The van der Waals surface area contributed by atoms with E-state index in [-0.39, 0.29) is 0 Å². The highest BCUT2D eigenvalue weighted by Gasteiger charge is 2.28. The molecule has 2 aromatic rings. The fourth-order valence-electron chi connectivity index (χ4n) is 3.63. The number of benzene rings is 1. The summed E-state index contributed by atoms with van der Waals surface area (Å²) in [5.74, 6) is 1.35. The molecule has 2 unspecified atom stereocenters. The second-order valence-electron chi connectivity index (χ2n) is 6.34. The van der Waals surface area contributed by atoms with Crippen LogP contribution >= 0.6 is 0 Å². The van der Waals surface area contributed by atoms with Gasteiger partial charge in [0.05, 0.1) is 5.56 Å². The van der Waals surface area contributed by atoms with Crippen molar-refractivity contribution in [3.05, 3.63) is 53.2 Å². The molecule has 0 saturated heterocycles. The first-order valence-corrected chi connectivity index (χ1v) is 7.68. The minimum absolute atomic E-state index is 0.663. The van der Waals surface area contributed by atoms with E-state index in [2.05, 4.69) is 68.9 Å². The van der Waals surface area contributed by atoms with Crippen molar-refractivity contribution in [2.75, 3.05) is 0 Å². The van der Waals surface area contributed by atoms with E-state index in [9.17, 15) is 0 Å². The van der Waals surface area contributed by atoms with Crippen LogP contribution in [0.25, 0.3) is 11.3 Å². The summed E-state index contributed by atoms with van der Waals surface area (Å²) in [6.45, 7) is 7.00. The largest absolute Gasteiger partial charge is 0.212 e. The van der Waals surface area contributed by atoms with Crippen LogP contribution in [0.5, 0.6) is 0 Å². The Labute approximate surface area is 122 Å². The second kappa shape index (κ2) is 5.05. The lowest BCUT2D eigenvalue weighted by Crippen LogP contribution is -2.31. The number of hydrogen-bond acceptors (Lipinski definition) is 0. The van der Waals surface area contributed by atoms with E-state index >= 15 is 0 Å². The maximum atomic E-state index is 2.39. The summed E-state index contributed by atoms with van der Waals surface area (Å²) < 4.78 is 2.24. The van der Waals surface area contributed by atoms with Crippen molar-refractivity contribution < 1.29 is 4.57 Å². The Kier molecular flexibility index (Phi) is 3.37. The topological polar surface area (TPSA) is 3.88 Å². The van der Waals surface area contributed by atoms with E-state index in [0.717, 1.165) is 0 Å². The second-order valence-corrected chi connectivity index (χ2v) is 6.34. The van der Waals surface area contributed by atoms with Crippen molar-refractivity contribution in [2.45, 2.75) is 45.4 Å². The summed E-state index contributed by atoms with van der Waals surface area (Å²) in [6, 6.07) is 11.1. The number of aryl methyl sites for hydroxylation is 2. The van der Waals surface area contributed by atoms with Crippen LogP contribution in [0.3, 0.4) is 0 Å². The first-order valence-electron chi connectivity index (χ1n) is 7.68. The minimum atomic E-state index is 0.663. The predicted octanol–water partition coefficient (Wildman–Crippen LogP) is 4.49. The van der Waals surface area contributed by atoms with E-state index in [1.807, 2.05) is 0 Å². The lowest BCUT2D eigenvalue weighted by Gasteiger charge is -2.30. The van der Waals surface area contributed by atoms with E-state index in [4.69, 9.17) is 0 Å². The van der Waals surface area contributed by atoms with Crippen LogP contribution in [-0.2, 0) is 7.05 Å². The number of nitrogens with zero attached hydrogens (tertiary/aromatic N) is 1. The van der Waals surface area contributed by atoms with Crippen LogP contribution in [0.15, 0.2) is 36.5 Å². The first kappa shape index (κ1) is 13.4. The zero-order chi connectivity index (χ0) is 14.3. The van der Waals surface area contributed by atoms with Crippen LogP contribution < -0.4 is 4.57 Å². The van der Waals surface area contributed by atoms with Gasteiger partial charge in [0.15, 0.2) is 6.20 Å². The lowest BCUT2D eigenvalue weighted by atomic mass is 9.74. The minimum Gasteiger partial charge on any atom is -0.201 e. The third-order valence-electron chi connectivity index (χ3n) is 4.85. The Morgan fingerprint density at radius 3 is 2.50 bits per heavy atom. The lowest BCUT2D eigenvalue weighted by molar-refractivity contribution is -0.660. The molecule has 2 atom stereocenters. The van der Waals surface area contributed by atoms with Gasteiger partial charge in [-0.25, -0.2) is 4.57 Å². The molecule has 0 aliphatic heterocycles. The monoisotopic (exact) mass is 266 g/mol. The van der Waals surface area contributed by atoms with Gasteiger partial charge in [-0.15, -0.1) is 0 Å². The van der Waals surface area contributed by atoms with Crippen molar-refractivity contribution in [3.8, 4) is 11.3 Å². The molecule has 0 N–H and O–H groups in total. The number of aromatic nitrogens is 1. The molecule has 1 aromatic carbocycles. The molecule has 20 heavy (non-hydrogen) atoms. The molecule has 1 aliphatic rings. The maximum absolute atomic E-state index is 2.39. The number of hydrogen-bond donors (Lipinski definition) is 0. The standard InChI is InChI=1S/C19H24N/c1-13-8-9-14(2)18-16(13)11-10-15(3)19(18)17-7-5-6-12-20(17)4/h5-7,10-14H,8-9H2,1-4H3/q+1. The van der Waals surface area contributed by atoms with Gasteiger partial charge < -0.3 is 0 Å². The van der Waals surface area contributed by atoms with Crippen LogP contribution in [0.4, 0.5) is 0 Å². The summed E-state index contributed by atoms with van der Waals surface area (Å²) >= 11 is 0. The molecule has 0 radical (unpaired) electrons. The molecule has 1 aliphatic carbocycles. The molecule has 1 aromatic heterocycles. The summed E-state index contributed by atoms with van der Waals surface area (Å²) in [4.78, 5) is 0. The summed E-state index contributed by atoms with van der Waals surface area (Å²) in [6.07, 6.45) is 4.77. The number of fused-ring (bicyclic) bond motifs is 1. The van der Waals surface area contributed by atoms with Crippen LogP contribution in [0, 0.1) is 6.92 Å². The number of rotatable bonds is 1. The Balaban J connectivity index is 2.31. The smallest absolute Gasteiger partial charge is 0.201 e. The van der Waals surface area contributed by atoms with Gasteiger partial charge in [0.2, 0.25) is 5.69 Å². The maximum Gasteiger partial charge on any atom is 0.212 e. The van der Waals surface area contributed by atoms with E-state index in [0.29, 0.717) is 11.8 Å². The van der Waals surface area contributed by atoms with Gasteiger partial charge in [-0.3, -0.25) is 0 Å². The molecule has 1 nitrogen and oxygen atoms in total. The number of pyridine rings is 1. The van der Waals surface area contributed by atoms with Crippen LogP contribution in [0.2, 0.25) is 0 Å². The van der Waals surface area contributed by atoms with Gasteiger partial charge >= 0.3 is 0 Å². The highest BCUT2D eigenvalue weighted by atomic mass is 14.9. The molecule has 1 heterocycles. The Morgan fingerprint density at radius 1 is 1.00 bits per heavy atom. The van der Waals surface area contributed by atoms with Gasteiger partial charge in [0.1, 0.15) is 7.05 Å². The summed E-state index contributed by atoms with van der Waals surface area (Å²) in [5, 5.41) is 0. The van der Waals surface area contributed by atoms with E-state index in [1.165, 1.54) is 29.7 Å². The van der Waals surface area contributed by atoms with Crippen molar-refractivity contribution in [3.63, 3.8) is 0 Å². The SMILES string of the molecule is Cc1ccc2c(c1-c1cccc[n+]1C)C(C)CCC2C. The van der Waals surface area contributed by atoms with Gasteiger partial charge in [-0.05, 0) is 54.4 Å². The molecule has 1 heteroatoms. The average molecular weight is 266 g/mol. The highest BCUT2D eigenvalue weighted by Crippen LogP contribution is 2.43. The average Bonchev–Trinajstić information content (AvgIpc) is 2.44. The Morgan fingerprint density at radius 2 is 1.75 bits per heavy atom. The summed E-state index contributed by atoms with van der Waals surface area (Å²) in [7, 11) is 2.14. The summed E-state index contributed by atoms with van der Waals surface area (Å²) in [5.41, 5.74) is 7.35. The van der Waals surface area contributed by atoms with Gasteiger partial charge in [0, 0.05) is 12.1 Å². The first-order chi connectivity index (χ1) is 9.59. The molecule has 0 spiro atoms. The van der Waals surface area contributed by atoms with Crippen molar-refractivity contribution >= 4 is 0 Å². The zero-order valence-corrected chi connectivity index (χ0v) is 13.0. The molecular weight excluding hydrogens is 242 g/mol. The third-order valence-corrected chi connectivity index (χ3v) is 4.85. The van der Waals surface area contributed by atoms with Crippen LogP contribution in [-0.4, -0.2) is 0 Å². The normalized spacial score (nSPS) is 21.6. The van der Waals surface area contributed by atoms with Crippen LogP contribution in [0.1, 0.15) is 55.2 Å². The highest BCUT2D eigenvalue weighted by molar-refractivity contribution is 5.69. The quantitative estimate of drug-likeness (QED) is 0.670. The van der Waals surface area contributed by atoms with Gasteiger partial charge in [-0.1, -0.05) is 26.0 Å². The van der Waals surface area contributed by atoms with Crippen molar-refractivity contribution in [1.82, 2.24) is 0 Å². The third kappa shape index (κ3) is 2.06. The Bertz CT molecular complexity index is 642. The molecule has 0 fully saturated rings. The predicted molar refractivity (Wildman–Crippen MR) is 83.9 cm³/mol.